The molecule has 1 aliphatic rings. The molecule has 0 aliphatic carbocycles. The summed E-state index contributed by atoms with van der Waals surface area (Å²) in [6, 6.07) is 5.36. The molecule has 5 heteroatoms. The molecule has 1 amide bonds. The molecule has 17 heavy (non-hydrogen) atoms. The molecule has 3 nitrogen and oxygen atoms in total. The van der Waals surface area contributed by atoms with Crippen LogP contribution >= 0.6 is 27.7 Å². The molecule has 1 atom stereocenters. The summed E-state index contributed by atoms with van der Waals surface area (Å²) in [7, 11) is 0. The highest BCUT2D eigenvalue weighted by Gasteiger charge is 2.15. The molecular formula is C12H15BrN2OS. The monoisotopic (exact) mass is 314 g/mol. The minimum absolute atomic E-state index is 0.0857. The number of hydrogen-bond acceptors (Lipinski definition) is 3. The Hall–Kier alpha value is -0.550. The Bertz CT molecular complexity index is 394. The molecule has 2 rings (SSSR count). The topological polar surface area (TPSA) is 42.0 Å². The van der Waals surface area contributed by atoms with Gasteiger partial charge in [0.1, 0.15) is 10.3 Å². The first-order chi connectivity index (χ1) is 8.25. The first kappa shape index (κ1) is 12.9. The zero-order valence-electron chi connectivity index (χ0n) is 9.49. The molecule has 1 unspecified atom stereocenters. The van der Waals surface area contributed by atoms with Crippen LogP contribution in [0.4, 0.5) is 0 Å². The largest absolute Gasteiger partial charge is 0.350 e. The molecule has 0 spiro atoms. The summed E-state index contributed by atoms with van der Waals surface area (Å²) in [5.74, 6) is 1.13. The number of rotatable bonds is 3. The first-order valence-corrected chi connectivity index (χ1v) is 7.62. The van der Waals surface area contributed by atoms with Crippen LogP contribution in [0.1, 0.15) is 29.8 Å². The predicted molar refractivity (Wildman–Crippen MR) is 74.4 cm³/mol. The summed E-state index contributed by atoms with van der Waals surface area (Å²) in [5, 5.41) is 3.52. The number of amides is 1. The van der Waals surface area contributed by atoms with Crippen molar-refractivity contribution in [3.63, 3.8) is 0 Å². The van der Waals surface area contributed by atoms with E-state index in [-0.39, 0.29) is 5.91 Å². The Morgan fingerprint density at radius 3 is 3.12 bits per heavy atom. The van der Waals surface area contributed by atoms with Gasteiger partial charge >= 0.3 is 0 Å². The van der Waals surface area contributed by atoms with Crippen molar-refractivity contribution >= 4 is 33.6 Å². The third kappa shape index (κ3) is 4.00. The molecule has 0 saturated carbocycles. The van der Waals surface area contributed by atoms with Gasteiger partial charge in [0.25, 0.3) is 5.91 Å². The lowest BCUT2D eigenvalue weighted by molar-refractivity contribution is 0.0948. The molecule has 1 fully saturated rings. The molecule has 1 saturated heterocycles. The second-order valence-corrected chi connectivity index (χ2v) is 6.26. The van der Waals surface area contributed by atoms with E-state index in [1.54, 1.807) is 6.07 Å². The zero-order valence-corrected chi connectivity index (χ0v) is 11.9. The van der Waals surface area contributed by atoms with Crippen LogP contribution in [0.3, 0.4) is 0 Å². The fourth-order valence-electron chi connectivity index (χ4n) is 1.80. The van der Waals surface area contributed by atoms with E-state index in [1.165, 1.54) is 25.0 Å². The Morgan fingerprint density at radius 1 is 1.53 bits per heavy atom. The molecule has 1 aromatic rings. The summed E-state index contributed by atoms with van der Waals surface area (Å²) in [6.45, 7) is 0.748. The van der Waals surface area contributed by atoms with E-state index in [0.29, 0.717) is 15.5 Å². The minimum atomic E-state index is -0.0857. The van der Waals surface area contributed by atoms with Gasteiger partial charge in [-0.3, -0.25) is 4.79 Å². The van der Waals surface area contributed by atoms with Crippen molar-refractivity contribution in [3.8, 4) is 0 Å². The van der Waals surface area contributed by atoms with Crippen molar-refractivity contribution in [2.24, 2.45) is 0 Å². The van der Waals surface area contributed by atoms with E-state index in [0.717, 1.165) is 6.54 Å². The minimum Gasteiger partial charge on any atom is -0.350 e. The van der Waals surface area contributed by atoms with Crippen LogP contribution in [0.25, 0.3) is 0 Å². The molecule has 1 aromatic heterocycles. The molecule has 1 aliphatic heterocycles. The summed E-state index contributed by atoms with van der Waals surface area (Å²) >= 11 is 5.22. The van der Waals surface area contributed by atoms with Gasteiger partial charge in [-0.25, -0.2) is 4.98 Å². The number of carbonyl (C=O) groups excluding carboxylic acids is 1. The highest BCUT2D eigenvalue weighted by molar-refractivity contribution is 9.10. The van der Waals surface area contributed by atoms with Crippen LogP contribution in [-0.4, -0.2) is 28.4 Å². The number of nitrogens with one attached hydrogen (secondary N) is 1. The third-order valence-corrected chi connectivity index (χ3v) is 4.55. The van der Waals surface area contributed by atoms with Crippen LogP contribution in [0.5, 0.6) is 0 Å². The van der Waals surface area contributed by atoms with Crippen molar-refractivity contribution in [2.75, 3.05) is 12.3 Å². The van der Waals surface area contributed by atoms with Gasteiger partial charge in [-0.2, -0.15) is 11.8 Å². The highest BCUT2D eigenvalue weighted by atomic mass is 79.9. The summed E-state index contributed by atoms with van der Waals surface area (Å²) in [5.41, 5.74) is 0.472. The van der Waals surface area contributed by atoms with Crippen LogP contribution in [0.2, 0.25) is 0 Å². The van der Waals surface area contributed by atoms with E-state index < -0.39 is 0 Å². The number of thioether (sulfide) groups is 1. The maximum absolute atomic E-state index is 11.8. The van der Waals surface area contributed by atoms with Gasteiger partial charge in [-0.1, -0.05) is 12.5 Å². The van der Waals surface area contributed by atoms with Crippen molar-refractivity contribution in [2.45, 2.75) is 24.5 Å². The SMILES string of the molecule is O=C(NCC1CCCCS1)c1cccc(Br)n1. The number of nitrogens with zero attached hydrogens (tertiary/aromatic N) is 1. The number of carbonyl (C=O) groups is 1. The van der Waals surface area contributed by atoms with Gasteiger partial charge in [-0.05, 0) is 46.7 Å². The highest BCUT2D eigenvalue weighted by Crippen LogP contribution is 2.24. The van der Waals surface area contributed by atoms with Crippen molar-refractivity contribution < 1.29 is 4.79 Å². The average Bonchev–Trinajstić information content (AvgIpc) is 2.37. The maximum Gasteiger partial charge on any atom is 0.269 e. The molecule has 0 aromatic carbocycles. The van der Waals surface area contributed by atoms with Gasteiger partial charge in [0.05, 0.1) is 0 Å². The third-order valence-electron chi connectivity index (χ3n) is 2.71. The number of hydrogen-bond donors (Lipinski definition) is 1. The Labute approximate surface area is 114 Å². The van der Waals surface area contributed by atoms with Gasteiger partial charge in [0, 0.05) is 11.8 Å². The first-order valence-electron chi connectivity index (χ1n) is 5.78. The summed E-state index contributed by atoms with van der Waals surface area (Å²) < 4.78 is 0.692. The fraction of sp³-hybridized carbons (Fsp3) is 0.500. The molecule has 2 heterocycles. The average molecular weight is 315 g/mol. The molecule has 92 valence electrons. The van der Waals surface area contributed by atoms with Gasteiger partial charge in [0.2, 0.25) is 0 Å². The van der Waals surface area contributed by atoms with E-state index >= 15 is 0 Å². The second kappa shape index (κ2) is 6.40. The lowest BCUT2D eigenvalue weighted by atomic mass is 10.2. The summed E-state index contributed by atoms with van der Waals surface area (Å²) in [4.78, 5) is 16.0. The van der Waals surface area contributed by atoms with E-state index in [9.17, 15) is 4.79 Å². The standard InChI is InChI=1S/C12H15BrN2OS/c13-11-6-3-5-10(15-11)12(16)14-8-9-4-1-2-7-17-9/h3,5-6,9H,1-2,4,7-8H2,(H,14,16). The predicted octanol–water partition coefficient (Wildman–Crippen LogP) is 2.86. The number of pyridine rings is 1. The normalized spacial score (nSPS) is 19.9. The van der Waals surface area contributed by atoms with Crippen molar-refractivity contribution in [3.05, 3.63) is 28.5 Å². The second-order valence-electron chi connectivity index (χ2n) is 4.04. The van der Waals surface area contributed by atoms with Gasteiger partial charge < -0.3 is 5.32 Å². The van der Waals surface area contributed by atoms with Gasteiger partial charge in [-0.15, -0.1) is 0 Å². The molecular weight excluding hydrogens is 300 g/mol. The molecule has 0 bridgehead atoms. The lowest BCUT2D eigenvalue weighted by Crippen LogP contribution is -2.32. The Balaban J connectivity index is 1.84. The lowest BCUT2D eigenvalue weighted by Gasteiger charge is -2.21. The van der Waals surface area contributed by atoms with Crippen LogP contribution in [0, 0.1) is 0 Å². The van der Waals surface area contributed by atoms with Crippen LogP contribution < -0.4 is 5.32 Å². The zero-order chi connectivity index (χ0) is 12.1. The van der Waals surface area contributed by atoms with E-state index in [1.807, 2.05) is 23.9 Å². The van der Waals surface area contributed by atoms with Crippen molar-refractivity contribution in [1.29, 1.82) is 0 Å². The Kier molecular flexibility index (Phi) is 4.86. The fourth-order valence-corrected chi connectivity index (χ4v) is 3.38. The quantitative estimate of drug-likeness (QED) is 0.872. The molecule has 1 N–H and O–H groups in total. The maximum atomic E-state index is 11.8. The van der Waals surface area contributed by atoms with Crippen LogP contribution in [0.15, 0.2) is 22.8 Å². The van der Waals surface area contributed by atoms with Gasteiger partial charge in [0.15, 0.2) is 0 Å². The van der Waals surface area contributed by atoms with E-state index in [2.05, 4.69) is 26.2 Å². The molecule has 0 radical (unpaired) electrons. The Morgan fingerprint density at radius 2 is 2.41 bits per heavy atom. The van der Waals surface area contributed by atoms with Crippen LogP contribution in [-0.2, 0) is 0 Å². The smallest absolute Gasteiger partial charge is 0.269 e. The van der Waals surface area contributed by atoms with E-state index in [4.69, 9.17) is 0 Å². The number of halogens is 1. The summed E-state index contributed by atoms with van der Waals surface area (Å²) in [6.07, 6.45) is 3.79. The van der Waals surface area contributed by atoms with Crippen molar-refractivity contribution in [1.82, 2.24) is 10.3 Å². The number of aromatic nitrogens is 1.